The second kappa shape index (κ2) is 7.41. The van der Waals surface area contributed by atoms with Gasteiger partial charge in [0.2, 0.25) is 5.91 Å². The minimum atomic E-state index is -0.941. The second-order valence-electron chi connectivity index (χ2n) is 3.28. The Morgan fingerprint density at radius 3 is 2.41 bits per heavy atom. The van der Waals surface area contributed by atoms with E-state index in [0.717, 1.165) is 3.58 Å². The quantitative estimate of drug-likeness (QED) is 0.227. The number of carbonyl (C=O) groups is 2. The average Bonchev–Trinajstić information content (AvgIpc) is 1.96. The van der Waals surface area contributed by atoms with Gasteiger partial charge in [0, 0.05) is 14.1 Å². The first kappa shape index (κ1) is 18.6. The van der Waals surface area contributed by atoms with Gasteiger partial charge in [-0.3, -0.25) is 9.59 Å². The number of halogens is 3. The number of hydrogen-bond donors (Lipinski definition) is 2. The average molecular weight is 583 g/mol. The van der Waals surface area contributed by atoms with Crippen LogP contribution < -0.4 is 5.32 Å². The number of hydrogen-bond acceptors (Lipinski definition) is 2. The molecule has 0 spiro atoms. The molecular formula is C9H9I3NNaO3. The molecule has 2 atom stereocenters. The van der Waals surface area contributed by atoms with Crippen LogP contribution in [0.25, 0.3) is 0 Å². The Hall–Kier alpha value is 1.61. The predicted molar refractivity (Wildman–Crippen MR) is 93.0 cm³/mol. The van der Waals surface area contributed by atoms with E-state index in [1.165, 1.54) is 6.92 Å². The Bertz CT molecular complexity index is 410. The summed E-state index contributed by atoms with van der Waals surface area (Å²) in [5, 5.41) is 11.9. The van der Waals surface area contributed by atoms with Crippen LogP contribution in [0.1, 0.15) is 6.92 Å². The minimum absolute atomic E-state index is 0. The van der Waals surface area contributed by atoms with E-state index >= 15 is 0 Å². The maximum absolute atomic E-state index is 11.2. The molecule has 0 radical (unpaired) electrons. The third-order valence-corrected chi connectivity index (χ3v) is 4.70. The summed E-state index contributed by atoms with van der Waals surface area (Å²) in [5.74, 6) is -1.92. The van der Waals surface area contributed by atoms with E-state index in [-0.39, 0.29) is 35.5 Å². The molecule has 0 aromatic carbocycles. The van der Waals surface area contributed by atoms with Gasteiger partial charge in [0.15, 0.2) is 0 Å². The zero-order chi connectivity index (χ0) is 12.5. The molecule has 2 unspecified atom stereocenters. The van der Waals surface area contributed by atoms with E-state index in [0.29, 0.717) is 3.58 Å². The number of amides is 1. The van der Waals surface area contributed by atoms with Gasteiger partial charge in [-0.25, -0.2) is 0 Å². The van der Waals surface area contributed by atoms with Gasteiger partial charge in [0.25, 0.3) is 0 Å². The van der Waals surface area contributed by atoms with Crippen molar-refractivity contribution in [2.75, 3.05) is 0 Å². The molecule has 0 heterocycles. The van der Waals surface area contributed by atoms with Crippen molar-refractivity contribution in [1.82, 2.24) is 5.32 Å². The molecule has 90 valence electrons. The Labute approximate surface area is 162 Å². The van der Waals surface area contributed by atoms with Gasteiger partial charge in [-0.2, -0.15) is 0 Å². The Balaban J connectivity index is 0.00000256. The van der Waals surface area contributed by atoms with Crippen molar-refractivity contribution in [3.8, 4) is 0 Å². The van der Waals surface area contributed by atoms with Crippen LogP contribution in [-0.4, -0.2) is 50.1 Å². The Morgan fingerprint density at radius 2 is 2.00 bits per heavy atom. The van der Waals surface area contributed by atoms with Crippen molar-refractivity contribution in [2.24, 2.45) is 5.92 Å². The van der Waals surface area contributed by atoms with E-state index in [4.69, 9.17) is 0 Å². The molecule has 8 heteroatoms. The van der Waals surface area contributed by atoms with E-state index in [9.17, 15) is 14.7 Å². The fourth-order valence-electron chi connectivity index (χ4n) is 1.42. The molecule has 0 fully saturated rings. The summed E-state index contributed by atoms with van der Waals surface area (Å²) in [5.41, 5.74) is 0. The van der Waals surface area contributed by atoms with E-state index in [2.05, 4.69) is 27.9 Å². The molecular weight excluding hydrogens is 574 g/mol. The number of alkyl halides is 1. The molecule has 4 nitrogen and oxygen atoms in total. The van der Waals surface area contributed by atoms with E-state index < -0.39 is 15.4 Å². The molecule has 1 rings (SSSR count). The van der Waals surface area contributed by atoms with Gasteiger partial charge in [0.1, 0.15) is 9.46 Å². The van der Waals surface area contributed by atoms with E-state index in [1.807, 2.05) is 45.2 Å². The number of allylic oxidation sites excluding steroid dienone is 2. The van der Waals surface area contributed by atoms with Gasteiger partial charge in [0.05, 0.1) is 0 Å². The number of rotatable bonds is 2. The molecule has 0 aromatic heterocycles. The summed E-state index contributed by atoms with van der Waals surface area (Å²) < 4.78 is 0.736. The third-order valence-electron chi connectivity index (χ3n) is 1.93. The third kappa shape index (κ3) is 4.89. The molecule has 0 aromatic rings. The normalized spacial score (nSPS) is 27.4. The standard InChI is InChI=1S/C9H8I3NO3.Na.H/c1-4(14)13-9(12)3-5(10)2-6(11)7(9)8(15)16;;/h2-3,7H,1H3,(H,13,14)(H,15,16);;. The molecule has 0 aliphatic heterocycles. The van der Waals surface area contributed by atoms with Crippen molar-refractivity contribution in [3.05, 3.63) is 19.3 Å². The number of carboxylic acids is 1. The topological polar surface area (TPSA) is 66.4 Å². The van der Waals surface area contributed by atoms with E-state index in [1.54, 1.807) is 12.2 Å². The molecule has 2 N–H and O–H groups in total. The summed E-state index contributed by atoms with van der Waals surface area (Å²) in [6, 6.07) is 0. The zero-order valence-electron chi connectivity index (χ0n) is 8.13. The van der Waals surface area contributed by atoms with Crippen molar-refractivity contribution in [1.29, 1.82) is 0 Å². The zero-order valence-corrected chi connectivity index (χ0v) is 14.6. The number of nitrogens with one attached hydrogen (secondary N) is 1. The molecule has 17 heavy (non-hydrogen) atoms. The van der Waals surface area contributed by atoms with Crippen LogP contribution in [0.2, 0.25) is 0 Å². The summed E-state index contributed by atoms with van der Waals surface area (Å²) in [6.07, 6.45) is 3.56. The summed E-state index contributed by atoms with van der Waals surface area (Å²) in [6.45, 7) is 1.38. The van der Waals surface area contributed by atoms with Gasteiger partial charge < -0.3 is 10.4 Å². The van der Waals surface area contributed by atoms with Crippen LogP contribution in [0.3, 0.4) is 0 Å². The monoisotopic (exact) mass is 583 g/mol. The molecule has 1 aliphatic carbocycles. The predicted octanol–water partition coefficient (Wildman–Crippen LogP) is 1.96. The first-order chi connectivity index (χ1) is 7.26. The second-order valence-corrected chi connectivity index (χ2v) is 7.56. The Morgan fingerprint density at radius 1 is 1.47 bits per heavy atom. The molecule has 0 saturated carbocycles. The van der Waals surface area contributed by atoms with Crippen LogP contribution in [0.5, 0.6) is 0 Å². The Kier molecular flexibility index (Phi) is 8.11. The van der Waals surface area contributed by atoms with Crippen LogP contribution in [0.4, 0.5) is 0 Å². The molecule has 1 aliphatic rings. The number of carboxylic acid groups (broad SMARTS) is 1. The summed E-state index contributed by atoms with van der Waals surface area (Å²) in [4.78, 5) is 22.4. The fourth-order valence-corrected chi connectivity index (χ4v) is 6.44. The number of aliphatic carboxylic acids is 1. The maximum atomic E-state index is 11.2. The van der Waals surface area contributed by atoms with Crippen LogP contribution in [0.15, 0.2) is 19.3 Å². The van der Waals surface area contributed by atoms with Crippen molar-refractivity contribution < 1.29 is 14.7 Å². The van der Waals surface area contributed by atoms with Gasteiger partial charge in [-0.1, -0.05) is 0 Å². The van der Waals surface area contributed by atoms with Crippen molar-refractivity contribution >= 4 is 109 Å². The molecule has 0 bridgehead atoms. The first-order valence-corrected chi connectivity index (χ1v) is 7.46. The molecule has 1 amide bonds. The van der Waals surface area contributed by atoms with Crippen molar-refractivity contribution in [2.45, 2.75) is 10.5 Å². The SMILES string of the molecule is CC(=O)NC1(I)C=C(I)C=C(I)C1C(=O)O.[NaH]. The number of carbonyl (C=O) groups excluding carboxylic acids is 1. The summed E-state index contributed by atoms with van der Waals surface area (Å²) >= 11 is 6.08. The summed E-state index contributed by atoms with van der Waals surface area (Å²) in [7, 11) is 0. The van der Waals surface area contributed by atoms with Crippen LogP contribution >= 0.6 is 67.8 Å². The fraction of sp³-hybridized carbons (Fsp3) is 0.333. The van der Waals surface area contributed by atoms with Gasteiger partial charge >= 0.3 is 35.5 Å². The van der Waals surface area contributed by atoms with Gasteiger partial charge in [-0.15, -0.1) is 0 Å². The van der Waals surface area contributed by atoms with Crippen LogP contribution in [0, 0.1) is 5.92 Å². The first-order valence-electron chi connectivity index (χ1n) is 4.22. The van der Waals surface area contributed by atoms with Gasteiger partial charge in [-0.05, 0) is 79.9 Å². The van der Waals surface area contributed by atoms with Crippen molar-refractivity contribution in [3.63, 3.8) is 0 Å². The molecule has 0 saturated heterocycles. The van der Waals surface area contributed by atoms with Crippen LogP contribution in [-0.2, 0) is 9.59 Å².